The highest BCUT2D eigenvalue weighted by Crippen LogP contribution is 2.16. The van der Waals surface area contributed by atoms with Gasteiger partial charge in [-0.1, -0.05) is 6.92 Å². The second kappa shape index (κ2) is 5.33. The average Bonchev–Trinajstić information content (AvgIpc) is 2.00. The predicted octanol–water partition coefficient (Wildman–Crippen LogP) is 1.37. The van der Waals surface area contributed by atoms with Crippen LogP contribution in [0.4, 0.5) is 13.2 Å². The van der Waals surface area contributed by atoms with Crippen LogP contribution in [0.2, 0.25) is 0 Å². The van der Waals surface area contributed by atoms with Crippen LogP contribution < -0.4 is 5.32 Å². The third-order valence-electron chi connectivity index (χ3n) is 1.85. The van der Waals surface area contributed by atoms with Crippen molar-refractivity contribution in [3.8, 4) is 6.07 Å². The molecular weight excluding hydrogens is 207 g/mol. The largest absolute Gasteiger partial charge is 0.401 e. The van der Waals surface area contributed by atoms with E-state index in [0.717, 1.165) is 4.90 Å². The molecule has 6 heteroatoms. The minimum atomic E-state index is -4.22. The smallest absolute Gasteiger partial charge is 0.299 e. The van der Waals surface area contributed by atoms with Gasteiger partial charge in [0, 0.05) is 6.54 Å². The summed E-state index contributed by atoms with van der Waals surface area (Å²) in [7, 11) is 1.35. The second-order valence-electron chi connectivity index (χ2n) is 3.76. The lowest BCUT2D eigenvalue weighted by Crippen LogP contribution is -2.50. The molecule has 0 aliphatic heterocycles. The van der Waals surface area contributed by atoms with Crippen molar-refractivity contribution in [2.24, 2.45) is 0 Å². The normalized spacial score (nSPS) is 16.1. The first-order valence-electron chi connectivity index (χ1n) is 4.64. The summed E-state index contributed by atoms with van der Waals surface area (Å²) in [5.41, 5.74) is -0.936. The molecule has 1 unspecified atom stereocenters. The van der Waals surface area contributed by atoms with E-state index in [9.17, 15) is 13.2 Å². The van der Waals surface area contributed by atoms with Gasteiger partial charge in [-0.25, -0.2) is 0 Å². The average molecular weight is 223 g/mol. The summed E-state index contributed by atoms with van der Waals surface area (Å²) in [6.45, 7) is 2.97. The fourth-order valence-corrected chi connectivity index (χ4v) is 1.42. The van der Waals surface area contributed by atoms with Gasteiger partial charge in [0.05, 0.1) is 12.6 Å². The minimum Gasteiger partial charge on any atom is -0.299 e. The fraction of sp³-hybridized carbons (Fsp3) is 0.889. The fourth-order valence-electron chi connectivity index (χ4n) is 1.42. The van der Waals surface area contributed by atoms with Crippen molar-refractivity contribution in [2.45, 2.75) is 25.6 Å². The zero-order chi connectivity index (χ0) is 12.1. The third-order valence-corrected chi connectivity index (χ3v) is 1.85. The number of hydrogen-bond acceptors (Lipinski definition) is 3. The van der Waals surface area contributed by atoms with Gasteiger partial charge in [-0.2, -0.15) is 18.4 Å². The van der Waals surface area contributed by atoms with Crippen LogP contribution in [0, 0.1) is 11.3 Å². The van der Waals surface area contributed by atoms with Crippen LogP contribution in [0.15, 0.2) is 0 Å². The third kappa shape index (κ3) is 6.31. The molecule has 3 nitrogen and oxygen atoms in total. The summed E-state index contributed by atoms with van der Waals surface area (Å²) in [4.78, 5) is 1.09. The summed E-state index contributed by atoms with van der Waals surface area (Å²) in [5, 5.41) is 11.7. The van der Waals surface area contributed by atoms with Crippen molar-refractivity contribution in [3.63, 3.8) is 0 Å². The number of rotatable bonds is 5. The molecule has 88 valence electrons. The molecule has 0 aromatic carbocycles. The molecular formula is C9H16F3N3. The number of nitrogens with one attached hydrogen (secondary N) is 1. The SMILES string of the molecule is CCNC(C)(C#N)CN(C)CC(F)(F)F. The lowest BCUT2D eigenvalue weighted by Gasteiger charge is -2.28. The Labute approximate surface area is 87.9 Å². The summed E-state index contributed by atoms with van der Waals surface area (Å²) >= 11 is 0. The van der Waals surface area contributed by atoms with Crippen LogP contribution in [0.5, 0.6) is 0 Å². The van der Waals surface area contributed by atoms with E-state index >= 15 is 0 Å². The van der Waals surface area contributed by atoms with E-state index in [4.69, 9.17) is 5.26 Å². The Morgan fingerprint density at radius 2 is 1.87 bits per heavy atom. The molecule has 0 heterocycles. The molecule has 0 aromatic heterocycles. The van der Waals surface area contributed by atoms with Gasteiger partial charge in [-0.15, -0.1) is 0 Å². The molecule has 1 atom stereocenters. The molecule has 0 saturated heterocycles. The molecule has 0 aromatic rings. The van der Waals surface area contributed by atoms with Gasteiger partial charge in [-0.05, 0) is 20.5 Å². The van der Waals surface area contributed by atoms with Crippen molar-refractivity contribution in [1.82, 2.24) is 10.2 Å². The van der Waals surface area contributed by atoms with Crippen LogP contribution in [-0.4, -0.2) is 43.3 Å². The van der Waals surface area contributed by atoms with Crippen LogP contribution in [0.1, 0.15) is 13.8 Å². The standard InChI is InChI=1S/C9H16F3N3/c1-4-14-8(2,5-13)6-15(3)7-9(10,11)12/h14H,4,6-7H2,1-3H3. The number of hydrogen-bond donors (Lipinski definition) is 1. The lowest BCUT2D eigenvalue weighted by atomic mass is 10.0. The topological polar surface area (TPSA) is 39.1 Å². The lowest BCUT2D eigenvalue weighted by molar-refractivity contribution is -0.144. The maximum Gasteiger partial charge on any atom is 0.401 e. The molecule has 0 spiro atoms. The Balaban J connectivity index is 4.26. The summed E-state index contributed by atoms with van der Waals surface area (Å²) < 4.78 is 36.1. The van der Waals surface area contributed by atoms with Gasteiger partial charge in [0.1, 0.15) is 5.54 Å². The first kappa shape index (κ1) is 14.2. The van der Waals surface area contributed by atoms with Gasteiger partial charge < -0.3 is 0 Å². The number of nitriles is 1. The first-order valence-corrected chi connectivity index (χ1v) is 4.64. The summed E-state index contributed by atoms with van der Waals surface area (Å²) in [5.74, 6) is 0. The maximum atomic E-state index is 12.0. The van der Waals surface area contributed by atoms with Gasteiger partial charge in [-0.3, -0.25) is 10.2 Å². The maximum absolute atomic E-state index is 12.0. The summed E-state index contributed by atoms with van der Waals surface area (Å²) in [6, 6.07) is 1.98. The van der Waals surface area contributed by atoms with E-state index in [1.54, 1.807) is 13.8 Å². The highest BCUT2D eigenvalue weighted by Gasteiger charge is 2.32. The van der Waals surface area contributed by atoms with E-state index in [1.807, 2.05) is 6.07 Å². The number of alkyl halides is 3. The first-order chi connectivity index (χ1) is 6.72. The second-order valence-corrected chi connectivity index (χ2v) is 3.76. The Kier molecular flexibility index (Phi) is 5.05. The van der Waals surface area contributed by atoms with E-state index < -0.39 is 18.3 Å². The zero-order valence-electron chi connectivity index (χ0n) is 9.15. The molecule has 15 heavy (non-hydrogen) atoms. The van der Waals surface area contributed by atoms with Crippen LogP contribution in [0.25, 0.3) is 0 Å². The molecule has 0 bridgehead atoms. The van der Waals surface area contributed by atoms with Crippen molar-refractivity contribution < 1.29 is 13.2 Å². The van der Waals surface area contributed by atoms with Crippen molar-refractivity contribution in [3.05, 3.63) is 0 Å². The molecule has 0 saturated carbocycles. The molecule has 0 aliphatic carbocycles. The molecule has 1 N–H and O–H groups in total. The molecule has 0 fully saturated rings. The minimum absolute atomic E-state index is 0.0385. The van der Waals surface area contributed by atoms with E-state index in [0.29, 0.717) is 6.54 Å². The Morgan fingerprint density at radius 1 is 1.33 bits per heavy atom. The Bertz CT molecular complexity index is 234. The molecule has 0 rings (SSSR count). The predicted molar refractivity (Wildman–Crippen MR) is 51.2 cm³/mol. The van der Waals surface area contributed by atoms with Crippen molar-refractivity contribution in [1.29, 1.82) is 5.26 Å². The Morgan fingerprint density at radius 3 is 2.20 bits per heavy atom. The summed E-state index contributed by atoms with van der Waals surface area (Å²) in [6.07, 6.45) is -4.22. The van der Waals surface area contributed by atoms with Gasteiger partial charge in [0.15, 0.2) is 0 Å². The van der Waals surface area contributed by atoms with Crippen LogP contribution >= 0.6 is 0 Å². The highest BCUT2D eigenvalue weighted by molar-refractivity contribution is 5.05. The Hall–Kier alpha value is -0.800. The van der Waals surface area contributed by atoms with Crippen LogP contribution in [0.3, 0.4) is 0 Å². The van der Waals surface area contributed by atoms with E-state index in [-0.39, 0.29) is 6.54 Å². The van der Waals surface area contributed by atoms with Gasteiger partial charge >= 0.3 is 6.18 Å². The quantitative estimate of drug-likeness (QED) is 0.765. The van der Waals surface area contributed by atoms with E-state index in [2.05, 4.69) is 5.32 Å². The molecule has 0 amide bonds. The number of likely N-dealkylation sites (N-methyl/N-ethyl adjacent to an activating group) is 2. The zero-order valence-corrected chi connectivity index (χ0v) is 9.15. The number of nitrogens with zero attached hydrogens (tertiary/aromatic N) is 2. The van der Waals surface area contributed by atoms with E-state index in [1.165, 1.54) is 7.05 Å². The number of halogens is 3. The van der Waals surface area contributed by atoms with Crippen LogP contribution in [-0.2, 0) is 0 Å². The monoisotopic (exact) mass is 223 g/mol. The van der Waals surface area contributed by atoms with Crippen molar-refractivity contribution in [2.75, 3.05) is 26.7 Å². The highest BCUT2D eigenvalue weighted by atomic mass is 19.4. The van der Waals surface area contributed by atoms with Crippen molar-refractivity contribution >= 4 is 0 Å². The van der Waals surface area contributed by atoms with Gasteiger partial charge in [0.25, 0.3) is 0 Å². The van der Waals surface area contributed by atoms with Gasteiger partial charge in [0.2, 0.25) is 0 Å². The molecule has 0 radical (unpaired) electrons. The molecule has 0 aliphatic rings.